The fourth-order valence-electron chi connectivity index (χ4n) is 3.08. The third-order valence-electron chi connectivity index (χ3n) is 4.96. The van der Waals surface area contributed by atoms with E-state index in [4.69, 9.17) is 4.42 Å². The Morgan fingerprint density at radius 2 is 1.80 bits per heavy atom. The largest absolute Gasteiger partial charge is 0.467 e. The second-order valence-corrected chi connectivity index (χ2v) is 8.70. The third kappa shape index (κ3) is 7.58. The summed E-state index contributed by atoms with van der Waals surface area (Å²) in [6, 6.07) is 13.5. The molecule has 0 fully saturated rings. The van der Waals surface area contributed by atoms with E-state index in [1.807, 2.05) is 65.0 Å². The van der Waals surface area contributed by atoms with Crippen LogP contribution in [0.1, 0.15) is 52.4 Å². The van der Waals surface area contributed by atoms with Crippen molar-refractivity contribution < 1.29 is 14.0 Å². The first-order valence-electron chi connectivity index (χ1n) is 10.6. The van der Waals surface area contributed by atoms with Gasteiger partial charge in [-0.2, -0.15) is 0 Å². The second kappa shape index (κ2) is 10.9. The van der Waals surface area contributed by atoms with Gasteiger partial charge in [-0.3, -0.25) is 4.79 Å². The van der Waals surface area contributed by atoms with Gasteiger partial charge in [0.05, 0.1) is 12.8 Å². The highest BCUT2D eigenvalue weighted by Crippen LogP contribution is 2.12. The minimum atomic E-state index is -0.368. The first-order valence-corrected chi connectivity index (χ1v) is 10.6. The van der Waals surface area contributed by atoms with Gasteiger partial charge in [-0.1, -0.05) is 37.3 Å². The Labute approximate surface area is 180 Å². The van der Waals surface area contributed by atoms with E-state index < -0.39 is 0 Å². The van der Waals surface area contributed by atoms with Gasteiger partial charge in [-0.25, -0.2) is 4.79 Å². The molecule has 6 heteroatoms. The zero-order valence-corrected chi connectivity index (χ0v) is 18.9. The predicted octanol–water partition coefficient (Wildman–Crippen LogP) is 4.46. The Balaban J connectivity index is 2.13. The summed E-state index contributed by atoms with van der Waals surface area (Å²) in [5, 5.41) is 2.98. The zero-order valence-electron chi connectivity index (χ0n) is 18.9. The molecule has 1 N–H and O–H groups in total. The molecule has 2 aromatic rings. The van der Waals surface area contributed by atoms with Crippen LogP contribution in [0, 0.1) is 0 Å². The number of carbonyl (C=O) groups is 2. The number of hydrogen-bond donors (Lipinski definition) is 1. The molecule has 164 valence electrons. The lowest BCUT2D eigenvalue weighted by atomic mass is 10.1. The van der Waals surface area contributed by atoms with Crippen LogP contribution in [-0.2, 0) is 17.8 Å². The molecule has 0 aliphatic rings. The van der Waals surface area contributed by atoms with Crippen LogP contribution in [0.25, 0.3) is 0 Å². The zero-order chi connectivity index (χ0) is 22.1. The molecule has 1 atom stereocenters. The molecule has 0 saturated carbocycles. The molecule has 2 rings (SSSR count). The third-order valence-corrected chi connectivity index (χ3v) is 4.96. The van der Waals surface area contributed by atoms with Gasteiger partial charge in [0.15, 0.2) is 0 Å². The van der Waals surface area contributed by atoms with Gasteiger partial charge < -0.3 is 19.5 Å². The van der Waals surface area contributed by atoms with Crippen molar-refractivity contribution in [2.75, 3.05) is 13.1 Å². The highest BCUT2D eigenvalue weighted by atomic mass is 16.3. The van der Waals surface area contributed by atoms with E-state index in [0.717, 1.165) is 18.6 Å². The summed E-state index contributed by atoms with van der Waals surface area (Å²) in [5.41, 5.74) is 0.798. The topological polar surface area (TPSA) is 65.8 Å². The smallest absolute Gasteiger partial charge is 0.318 e. The van der Waals surface area contributed by atoms with Crippen LogP contribution in [0.3, 0.4) is 0 Å². The minimum absolute atomic E-state index is 0.0341. The summed E-state index contributed by atoms with van der Waals surface area (Å²) in [6.07, 6.45) is 3.12. The molecule has 0 radical (unpaired) electrons. The lowest BCUT2D eigenvalue weighted by Gasteiger charge is -2.33. The number of amides is 3. The van der Waals surface area contributed by atoms with Crippen LogP contribution in [0.4, 0.5) is 4.79 Å². The van der Waals surface area contributed by atoms with Crippen molar-refractivity contribution in [3.05, 3.63) is 60.1 Å². The van der Waals surface area contributed by atoms with Crippen molar-refractivity contribution in [3.63, 3.8) is 0 Å². The van der Waals surface area contributed by atoms with Gasteiger partial charge in [0.1, 0.15) is 12.3 Å². The molecule has 0 saturated heterocycles. The molecule has 0 spiro atoms. The molecule has 0 aliphatic heterocycles. The molecular formula is C24H35N3O3. The number of benzene rings is 1. The summed E-state index contributed by atoms with van der Waals surface area (Å²) in [4.78, 5) is 29.5. The predicted molar refractivity (Wildman–Crippen MR) is 119 cm³/mol. The summed E-state index contributed by atoms with van der Waals surface area (Å²) in [7, 11) is 0. The standard InChI is InChI=1S/C24H35N3O3/c1-6-19(2)27(23(29)25-24(3,4)5)18-22(28)26(17-21-13-10-16-30-21)15-14-20-11-8-7-9-12-20/h7-13,16,19H,6,14-15,17-18H2,1-5H3,(H,25,29)/t19-/m0/s1. The van der Waals surface area contributed by atoms with Gasteiger partial charge >= 0.3 is 6.03 Å². The number of rotatable bonds is 9. The van der Waals surface area contributed by atoms with Crippen LogP contribution < -0.4 is 5.32 Å². The number of nitrogens with zero attached hydrogens (tertiary/aromatic N) is 2. The minimum Gasteiger partial charge on any atom is -0.467 e. The van der Waals surface area contributed by atoms with E-state index >= 15 is 0 Å². The highest BCUT2D eigenvalue weighted by Gasteiger charge is 2.27. The van der Waals surface area contributed by atoms with Gasteiger partial charge in [-0.05, 0) is 58.2 Å². The van der Waals surface area contributed by atoms with Crippen molar-refractivity contribution in [2.45, 2.75) is 65.6 Å². The van der Waals surface area contributed by atoms with Gasteiger partial charge in [0, 0.05) is 18.1 Å². The second-order valence-electron chi connectivity index (χ2n) is 8.70. The monoisotopic (exact) mass is 413 g/mol. The molecular weight excluding hydrogens is 378 g/mol. The lowest BCUT2D eigenvalue weighted by molar-refractivity contribution is -0.133. The fourth-order valence-corrected chi connectivity index (χ4v) is 3.08. The molecule has 0 aliphatic carbocycles. The Bertz CT molecular complexity index is 782. The van der Waals surface area contributed by atoms with E-state index in [0.29, 0.717) is 13.1 Å². The molecule has 1 heterocycles. The van der Waals surface area contributed by atoms with E-state index in [1.165, 1.54) is 5.56 Å². The quantitative estimate of drug-likeness (QED) is 0.660. The van der Waals surface area contributed by atoms with Crippen molar-refractivity contribution in [2.24, 2.45) is 0 Å². The lowest BCUT2D eigenvalue weighted by Crippen LogP contribution is -2.54. The molecule has 0 bridgehead atoms. The highest BCUT2D eigenvalue weighted by molar-refractivity contribution is 5.84. The molecule has 1 aromatic carbocycles. The first kappa shape index (κ1) is 23.5. The Hall–Kier alpha value is -2.76. The van der Waals surface area contributed by atoms with Crippen LogP contribution >= 0.6 is 0 Å². The van der Waals surface area contributed by atoms with Crippen molar-refractivity contribution in [1.82, 2.24) is 15.1 Å². The Morgan fingerprint density at radius 3 is 2.37 bits per heavy atom. The maximum Gasteiger partial charge on any atom is 0.318 e. The summed E-state index contributed by atoms with van der Waals surface area (Å²) >= 11 is 0. The maximum absolute atomic E-state index is 13.3. The Morgan fingerprint density at radius 1 is 1.10 bits per heavy atom. The number of urea groups is 1. The SMILES string of the molecule is CC[C@H](C)N(CC(=O)N(CCc1ccccc1)Cc1ccco1)C(=O)NC(C)(C)C. The van der Waals surface area contributed by atoms with Gasteiger partial charge in [0.25, 0.3) is 0 Å². The van der Waals surface area contributed by atoms with E-state index in [2.05, 4.69) is 17.4 Å². The van der Waals surface area contributed by atoms with Crippen LogP contribution in [0.15, 0.2) is 53.1 Å². The van der Waals surface area contributed by atoms with E-state index in [-0.39, 0.29) is 30.1 Å². The number of hydrogen-bond acceptors (Lipinski definition) is 3. The summed E-state index contributed by atoms with van der Waals surface area (Å²) in [5.74, 6) is 0.636. The fraction of sp³-hybridized carbons (Fsp3) is 0.500. The van der Waals surface area contributed by atoms with Crippen LogP contribution in [-0.4, -0.2) is 46.4 Å². The summed E-state index contributed by atoms with van der Waals surface area (Å²) in [6.45, 7) is 10.8. The van der Waals surface area contributed by atoms with Crippen LogP contribution in [0.2, 0.25) is 0 Å². The number of nitrogens with one attached hydrogen (secondary N) is 1. The normalized spacial score (nSPS) is 12.3. The maximum atomic E-state index is 13.3. The van der Waals surface area contributed by atoms with Crippen molar-refractivity contribution >= 4 is 11.9 Å². The van der Waals surface area contributed by atoms with Gasteiger partial charge in [-0.15, -0.1) is 0 Å². The van der Waals surface area contributed by atoms with Gasteiger partial charge in [0.2, 0.25) is 5.91 Å². The molecule has 30 heavy (non-hydrogen) atoms. The van der Waals surface area contributed by atoms with E-state index in [9.17, 15) is 9.59 Å². The average molecular weight is 414 g/mol. The first-order chi connectivity index (χ1) is 14.2. The number of furan rings is 1. The molecule has 6 nitrogen and oxygen atoms in total. The molecule has 1 aromatic heterocycles. The Kier molecular flexibility index (Phi) is 8.51. The van der Waals surface area contributed by atoms with Crippen LogP contribution in [0.5, 0.6) is 0 Å². The van der Waals surface area contributed by atoms with Crippen molar-refractivity contribution in [3.8, 4) is 0 Å². The average Bonchev–Trinajstić information content (AvgIpc) is 3.21. The molecule has 0 unspecified atom stereocenters. The van der Waals surface area contributed by atoms with Crippen molar-refractivity contribution in [1.29, 1.82) is 0 Å². The van der Waals surface area contributed by atoms with E-state index in [1.54, 1.807) is 16.1 Å². The molecule has 3 amide bonds. The summed E-state index contributed by atoms with van der Waals surface area (Å²) < 4.78 is 5.47. The number of carbonyl (C=O) groups excluding carboxylic acids is 2.